The van der Waals surface area contributed by atoms with E-state index in [0.717, 1.165) is 15.6 Å². The second kappa shape index (κ2) is 7.33. The average Bonchev–Trinajstić information content (AvgIpc) is 2.85. The van der Waals surface area contributed by atoms with Gasteiger partial charge in [0.1, 0.15) is 4.66 Å². The van der Waals surface area contributed by atoms with Crippen molar-refractivity contribution in [2.45, 2.75) is 6.92 Å². The van der Waals surface area contributed by atoms with Crippen LogP contribution in [0.4, 0.5) is 0 Å². The van der Waals surface area contributed by atoms with E-state index < -0.39 is 0 Å². The van der Waals surface area contributed by atoms with Gasteiger partial charge >= 0.3 is 0 Å². The Morgan fingerprint density at radius 2 is 1.80 bits per heavy atom. The minimum Gasteiger partial charge on any atom is -0.302 e. The van der Waals surface area contributed by atoms with Crippen molar-refractivity contribution >= 4 is 45.2 Å². The summed E-state index contributed by atoms with van der Waals surface area (Å²) >= 11 is 4.80. The largest absolute Gasteiger partial charge is 0.302 e. The number of carbonyl (C=O) groups excluding carboxylic acids is 1. The number of aryl methyl sites for hydroxylation is 1. The number of aromatic nitrogens is 1. The first-order valence-corrected chi connectivity index (χ1v) is 9.32. The first-order chi connectivity index (χ1) is 12.0. The van der Waals surface area contributed by atoms with Crippen LogP contribution in [-0.2, 0) is 7.05 Å². The minimum atomic E-state index is -0.107. The number of hydrogen-bond acceptors (Lipinski definition) is 3. The molecule has 25 heavy (non-hydrogen) atoms. The van der Waals surface area contributed by atoms with Gasteiger partial charge in [-0.25, -0.2) is 0 Å². The van der Waals surface area contributed by atoms with E-state index in [0.29, 0.717) is 14.8 Å². The number of nitrogens with zero attached hydrogens (tertiary/aromatic N) is 1. The lowest BCUT2D eigenvalue weighted by Crippen LogP contribution is -2.29. The van der Waals surface area contributed by atoms with Gasteiger partial charge in [-0.05, 0) is 30.2 Å². The molecule has 0 N–H and O–H groups in total. The monoisotopic (exact) mass is 413 g/mol. The number of rotatable bonds is 3. The van der Waals surface area contributed by atoms with Crippen molar-refractivity contribution in [3.8, 4) is 0 Å². The highest BCUT2D eigenvalue weighted by Gasteiger charge is 2.08. The number of carbonyl (C=O) groups is 1. The van der Waals surface area contributed by atoms with Crippen molar-refractivity contribution in [1.29, 1.82) is 0 Å². The quantitative estimate of drug-likeness (QED) is 0.619. The van der Waals surface area contributed by atoms with E-state index in [4.69, 9.17) is 0 Å². The Hall–Kier alpha value is -2.24. The van der Waals surface area contributed by atoms with E-state index in [2.05, 4.69) is 15.9 Å². The van der Waals surface area contributed by atoms with Crippen molar-refractivity contribution in [1.82, 2.24) is 4.57 Å². The van der Waals surface area contributed by atoms with Gasteiger partial charge in [0.25, 0.3) is 5.56 Å². The number of ketones is 1. The summed E-state index contributed by atoms with van der Waals surface area (Å²) in [5, 5.41) is 0. The third kappa shape index (κ3) is 3.72. The van der Waals surface area contributed by atoms with Crippen LogP contribution in [0.2, 0.25) is 0 Å². The Bertz CT molecular complexity index is 1130. The Morgan fingerprint density at radius 3 is 2.52 bits per heavy atom. The SMILES string of the molecule is Cc1ccccc1C(=O)/C=c1\s/c(=C\c2ccccc2Br)c(=O)n1C. The molecule has 3 rings (SSSR count). The molecule has 0 fully saturated rings. The van der Waals surface area contributed by atoms with Gasteiger partial charge < -0.3 is 4.57 Å². The Balaban J connectivity index is 2.11. The molecule has 0 unspecified atom stereocenters. The van der Waals surface area contributed by atoms with Gasteiger partial charge in [0.05, 0.1) is 4.53 Å². The molecule has 3 aromatic rings. The van der Waals surface area contributed by atoms with E-state index in [9.17, 15) is 9.59 Å². The molecule has 0 atom stereocenters. The lowest BCUT2D eigenvalue weighted by atomic mass is 10.1. The van der Waals surface area contributed by atoms with Crippen molar-refractivity contribution < 1.29 is 4.79 Å². The van der Waals surface area contributed by atoms with Gasteiger partial charge in [0.2, 0.25) is 0 Å². The van der Waals surface area contributed by atoms with Crippen LogP contribution >= 0.6 is 27.3 Å². The second-order valence-electron chi connectivity index (χ2n) is 5.66. The third-order valence-corrected chi connectivity index (χ3v) is 5.75. The molecule has 0 saturated heterocycles. The van der Waals surface area contributed by atoms with Crippen molar-refractivity contribution in [2.24, 2.45) is 7.05 Å². The topological polar surface area (TPSA) is 39.1 Å². The predicted octanol–water partition coefficient (Wildman–Crippen LogP) is 3.01. The molecule has 5 heteroatoms. The molecule has 0 bridgehead atoms. The molecule has 126 valence electrons. The van der Waals surface area contributed by atoms with Gasteiger partial charge in [-0.2, -0.15) is 0 Å². The molecule has 1 aromatic heterocycles. The second-order valence-corrected chi connectivity index (χ2v) is 7.57. The highest BCUT2D eigenvalue weighted by Crippen LogP contribution is 2.16. The number of halogens is 1. The Morgan fingerprint density at radius 1 is 1.12 bits per heavy atom. The first kappa shape index (κ1) is 17.6. The fourth-order valence-electron chi connectivity index (χ4n) is 2.48. The average molecular weight is 414 g/mol. The zero-order valence-corrected chi connectivity index (χ0v) is 16.2. The normalized spacial score (nSPS) is 12.6. The third-order valence-electron chi connectivity index (χ3n) is 3.92. The van der Waals surface area contributed by atoms with Crippen LogP contribution < -0.4 is 14.8 Å². The molecular formula is C20H16BrNO2S. The molecule has 0 spiro atoms. The zero-order chi connectivity index (χ0) is 18.0. The lowest BCUT2D eigenvalue weighted by molar-refractivity contribution is 0.106. The Kier molecular flexibility index (Phi) is 5.16. The van der Waals surface area contributed by atoms with Gasteiger partial charge in [0.15, 0.2) is 5.78 Å². The van der Waals surface area contributed by atoms with Crippen LogP contribution in [-0.4, -0.2) is 10.4 Å². The highest BCUT2D eigenvalue weighted by atomic mass is 79.9. The molecule has 0 amide bonds. The standard InChI is InChI=1S/C20H16BrNO2S/c1-13-7-3-5-9-15(13)17(23)12-19-22(2)20(24)18(25-19)11-14-8-4-6-10-16(14)21/h3-12H,1-2H3/b18-11-,19-12-. The summed E-state index contributed by atoms with van der Waals surface area (Å²) in [6, 6.07) is 15.2. The maximum absolute atomic E-state index is 12.5. The maximum Gasteiger partial charge on any atom is 0.268 e. The van der Waals surface area contributed by atoms with E-state index in [1.54, 1.807) is 13.1 Å². The number of hydrogen-bond donors (Lipinski definition) is 0. The molecule has 0 radical (unpaired) electrons. The van der Waals surface area contributed by atoms with Crippen LogP contribution in [0, 0.1) is 6.92 Å². The van der Waals surface area contributed by atoms with Crippen LogP contribution in [0.15, 0.2) is 57.8 Å². The van der Waals surface area contributed by atoms with Gasteiger partial charge in [-0.15, -0.1) is 11.3 Å². The first-order valence-electron chi connectivity index (χ1n) is 7.71. The molecule has 1 heterocycles. The number of benzene rings is 2. The lowest BCUT2D eigenvalue weighted by Gasteiger charge is -1.99. The predicted molar refractivity (Wildman–Crippen MR) is 106 cm³/mol. The summed E-state index contributed by atoms with van der Waals surface area (Å²) in [5.74, 6) is -0.0950. The van der Waals surface area contributed by atoms with Gasteiger partial charge in [-0.1, -0.05) is 58.4 Å². The maximum atomic E-state index is 12.5. The molecule has 2 aromatic carbocycles. The summed E-state index contributed by atoms with van der Waals surface area (Å²) in [7, 11) is 1.69. The van der Waals surface area contributed by atoms with Crippen molar-refractivity contribution in [2.75, 3.05) is 0 Å². The molecule has 0 aliphatic heterocycles. The van der Waals surface area contributed by atoms with E-state index in [1.807, 2.05) is 55.5 Å². The smallest absolute Gasteiger partial charge is 0.268 e. The fourth-order valence-corrected chi connectivity index (χ4v) is 3.90. The van der Waals surface area contributed by atoms with Crippen molar-refractivity contribution in [3.05, 3.63) is 89.2 Å². The minimum absolute atomic E-state index is 0.0950. The molecule has 0 aliphatic carbocycles. The summed E-state index contributed by atoms with van der Waals surface area (Å²) in [6.45, 7) is 1.90. The fraction of sp³-hybridized carbons (Fsp3) is 0.100. The summed E-state index contributed by atoms with van der Waals surface area (Å²) < 4.78 is 3.67. The number of thiazole rings is 1. The van der Waals surface area contributed by atoms with E-state index in [1.165, 1.54) is 22.0 Å². The highest BCUT2D eigenvalue weighted by molar-refractivity contribution is 9.10. The number of Topliss-reactive ketones (excluding diaryl/α,β-unsaturated/α-hetero) is 1. The van der Waals surface area contributed by atoms with Gasteiger partial charge in [0, 0.05) is 23.2 Å². The van der Waals surface area contributed by atoms with Crippen LogP contribution in [0.25, 0.3) is 12.2 Å². The summed E-state index contributed by atoms with van der Waals surface area (Å²) in [6.07, 6.45) is 3.37. The van der Waals surface area contributed by atoms with Crippen LogP contribution in [0.1, 0.15) is 21.5 Å². The zero-order valence-electron chi connectivity index (χ0n) is 13.8. The molecule has 3 nitrogen and oxygen atoms in total. The molecule has 0 saturated carbocycles. The summed E-state index contributed by atoms with van der Waals surface area (Å²) in [4.78, 5) is 25.0. The molecular weight excluding hydrogens is 398 g/mol. The van der Waals surface area contributed by atoms with Crippen LogP contribution in [0.5, 0.6) is 0 Å². The Labute approximate surface area is 157 Å². The van der Waals surface area contributed by atoms with Gasteiger partial charge in [-0.3, -0.25) is 9.59 Å². The van der Waals surface area contributed by atoms with Crippen LogP contribution in [0.3, 0.4) is 0 Å². The van der Waals surface area contributed by atoms with E-state index in [-0.39, 0.29) is 11.3 Å². The molecule has 0 aliphatic rings. The van der Waals surface area contributed by atoms with Crippen molar-refractivity contribution in [3.63, 3.8) is 0 Å². The van der Waals surface area contributed by atoms with E-state index >= 15 is 0 Å². The summed E-state index contributed by atoms with van der Waals surface area (Å²) in [5.41, 5.74) is 2.40.